The zero-order valence-electron chi connectivity index (χ0n) is 10.7. The molecule has 0 aromatic carbocycles. The standard InChI is InChI=1S/C11H10F3N5OS/c1-20-8-9(19-15)17-5-18-10(8)21-7-3-2-6(4-16-7)11(12,13)14/h2-5H,15H2,1H3,(H,17,18,19). The maximum Gasteiger partial charge on any atom is 0.417 e. The zero-order chi connectivity index (χ0) is 15.5. The summed E-state index contributed by atoms with van der Waals surface area (Å²) in [4.78, 5) is 11.6. The lowest BCUT2D eigenvalue weighted by molar-refractivity contribution is -0.137. The van der Waals surface area contributed by atoms with Crippen LogP contribution in [0.3, 0.4) is 0 Å². The quantitative estimate of drug-likeness (QED) is 0.508. The monoisotopic (exact) mass is 317 g/mol. The molecule has 2 aromatic rings. The van der Waals surface area contributed by atoms with Crippen LogP contribution in [0.2, 0.25) is 0 Å². The number of nitrogen functional groups attached to an aromatic ring is 1. The van der Waals surface area contributed by atoms with Gasteiger partial charge in [-0.15, -0.1) is 0 Å². The number of hydrazine groups is 1. The van der Waals surface area contributed by atoms with Crippen LogP contribution in [0.4, 0.5) is 19.0 Å². The number of hydrogen-bond donors (Lipinski definition) is 2. The van der Waals surface area contributed by atoms with Crippen LogP contribution >= 0.6 is 11.8 Å². The lowest BCUT2D eigenvalue weighted by Gasteiger charge is -2.10. The van der Waals surface area contributed by atoms with Gasteiger partial charge in [0.15, 0.2) is 16.6 Å². The Morgan fingerprint density at radius 3 is 2.52 bits per heavy atom. The highest BCUT2D eigenvalue weighted by Gasteiger charge is 2.30. The van der Waals surface area contributed by atoms with Gasteiger partial charge in [-0.1, -0.05) is 0 Å². The molecule has 0 amide bonds. The molecule has 3 N–H and O–H groups in total. The first-order valence-corrected chi connectivity index (χ1v) is 6.34. The van der Waals surface area contributed by atoms with Crippen molar-refractivity contribution >= 4 is 17.6 Å². The molecule has 0 aliphatic heterocycles. The number of anilines is 1. The number of alkyl halides is 3. The van der Waals surface area contributed by atoms with Gasteiger partial charge in [-0.3, -0.25) is 0 Å². The summed E-state index contributed by atoms with van der Waals surface area (Å²) >= 11 is 1.04. The van der Waals surface area contributed by atoms with E-state index in [1.807, 2.05) is 0 Å². The molecule has 0 saturated heterocycles. The molecule has 0 fully saturated rings. The second kappa shape index (κ2) is 6.14. The van der Waals surface area contributed by atoms with Crippen LogP contribution < -0.4 is 16.0 Å². The van der Waals surface area contributed by atoms with Crippen molar-refractivity contribution in [2.75, 3.05) is 12.5 Å². The highest BCUT2D eigenvalue weighted by molar-refractivity contribution is 7.99. The molecule has 0 bridgehead atoms. The van der Waals surface area contributed by atoms with Crippen molar-refractivity contribution in [3.8, 4) is 5.75 Å². The Morgan fingerprint density at radius 1 is 1.24 bits per heavy atom. The van der Waals surface area contributed by atoms with Crippen molar-refractivity contribution in [3.63, 3.8) is 0 Å². The second-order valence-electron chi connectivity index (χ2n) is 3.69. The average Bonchev–Trinajstić information content (AvgIpc) is 2.46. The van der Waals surface area contributed by atoms with Gasteiger partial charge in [0.2, 0.25) is 0 Å². The first kappa shape index (κ1) is 15.3. The normalized spacial score (nSPS) is 11.3. The Kier molecular flexibility index (Phi) is 4.48. The van der Waals surface area contributed by atoms with Crippen molar-refractivity contribution in [1.82, 2.24) is 15.0 Å². The van der Waals surface area contributed by atoms with Gasteiger partial charge in [0.05, 0.1) is 12.7 Å². The second-order valence-corrected chi connectivity index (χ2v) is 4.70. The number of pyridine rings is 1. The van der Waals surface area contributed by atoms with Gasteiger partial charge in [0, 0.05) is 6.20 Å². The summed E-state index contributed by atoms with van der Waals surface area (Å²) in [5.41, 5.74) is 1.53. The lowest BCUT2D eigenvalue weighted by atomic mass is 10.3. The van der Waals surface area contributed by atoms with Crippen molar-refractivity contribution < 1.29 is 17.9 Å². The Morgan fingerprint density at radius 2 is 2.00 bits per heavy atom. The summed E-state index contributed by atoms with van der Waals surface area (Å²) in [5.74, 6) is 5.84. The molecule has 21 heavy (non-hydrogen) atoms. The summed E-state index contributed by atoms with van der Waals surface area (Å²) in [5, 5.41) is 0.718. The van der Waals surface area contributed by atoms with Crippen LogP contribution in [0.25, 0.3) is 0 Å². The number of nitrogens with one attached hydrogen (secondary N) is 1. The maximum absolute atomic E-state index is 12.5. The topological polar surface area (TPSA) is 86.0 Å². The largest absolute Gasteiger partial charge is 0.490 e. The van der Waals surface area contributed by atoms with E-state index in [9.17, 15) is 13.2 Å². The number of nitrogens with zero attached hydrogens (tertiary/aromatic N) is 3. The molecule has 2 rings (SSSR count). The van der Waals surface area contributed by atoms with Gasteiger partial charge < -0.3 is 10.2 Å². The molecule has 0 unspecified atom stereocenters. The van der Waals surface area contributed by atoms with E-state index in [-0.39, 0.29) is 11.6 Å². The molecule has 10 heteroatoms. The highest BCUT2D eigenvalue weighted by Crippen LogP contribution is 2.36. The molecule has 0 aliphatic carbocycles. The van der Waals surface area contributed by atoms with E-state index in [4.69, 9.17) is 10.6 Å². The summed E-state index contributed by atoms with van der Waals surface area (Å²) in [6.45, 7) is 0. The molecular formula is C11H10F3N5OS. The number of hydrogen-bond acceptors (Lipinski definition) is 7. The van der Waals surface area contributed by atoms with E-state index < -0.39 is 11.7 Å². The molecule has 6 nitrogen and oxygen atoms in total. The van der Waals surface area contributed by atoms with Gasteiger partial charge in [0.25, 0.3) is 0 Å². The molecular weight excluding hydrogens is 307 g/mol. The van der Waals surface area contributed by atoms with Crippen LogP contribution in [-0.4, -0.2) is 22.1 Å². The Labute approximate surface area is 121 Å². The predicted molar refractivity (Wildman–Crippen MR) is 69.8 cm³/mol. The fourth-order valence-electron chi connectivity index (χ4n) is 1.42. The number of nitrogens with two attached hydrogens (primary N) is 1. The molecule has 0 spiro atoms. The lowest BCUT2D eigenvalue weighted by Crippen LogP contribution is -2.10. The summed E-state index contributed by atoms with van der Waals surface area (Å²) in [6.07, 6.45) is -2.40. The molecule has 2 aromatic heterocycles. The zero-order valence-corrected chi connectivity index (χ0v) is 11.5. The van der Waals surface area contributed by atoms with E-state index in [1.165, 1.54) is 19.5 Å². The summed E-state index contributed by atoms with van der Waals surface area (Å²) < 4.78 is 42.5. The number of aromatic nitrogens is 3. The average molecular weight is 317 g/mol. The number of methoxy groups -OCH3 is 1. The summed E-state index contributed by atoms with van der Waals surface area (Å²) in [6, 6.07) is 2.20. The number of rotatable bonds is 4. The van der Waals surface area contributed by atoms with Gasteiger partial charge in [-0.2, -0.15) is 13.2 Å². The van der Waals surface area contributed by atoms with Crippen LogP contribution in [0.5, 0.6) is 5.75 Å². The minimum absolute atomic E-state index is 0.266. The van der Waals surface area contributed by atoms with Gasteiger partial charge in [-0.25, -0.2) is 20.8 Å². The van der Waals surface area contributed by atoms with E-state index in [0.717, 1.165) is 24.0 Å². The SMILES string of the molecule is COc1c(NN)ncnc1Sc1ccc(C(F)(F)F)cn1. The Hall–Kier alpha value is -2.07. The van der Waals surface area contributed by atoms with Gasteiger partial charge in [-0.05, 0) is 23.9 Å². The molecule has 0 aliphatic rings. The van der Waals surface area contributed by atoms with E-state index in [0.29, 0.717) is 10.1 Å². The third kappa shape index (κ3) is 3.52. The van der Waals surface area contributed by atoms with Gasteiger partial charge in [0.1, 0.15) is 11.4 Å². The number of halogens is 3. The fraction of sp³-hybridized carbons (Fsp3) is 0.182. The first-order valence-electron chi connectivity index (χ1n) is 5.52. The minimum atomic E-state index is -4.42. The third-order valence-corrected chi connectivity index (χ3v) is 3.31. The van der Waals surface area contributed by atoms with Crippen molar-refractivity contribution in [2.24, 2.45) is 5.84 Å². The van der Waals surface area contributed by atoms with Crippen molar-refractivity contribution in [2.45, 2.75) is 16.2 Å². The van der Waals surface area contributed by atoms with Gasteiger partial charge >= 0.3 is 6.18 Å². The van der Waals surface area contributed by atoms with Crippen LogP contribution in [-0.2, 0) is 6.18 Å². The van der Waals surface area contributed by atoms with E-state index in [1.54, 1.807) is 0 Å². The number of ether oxygens (including phenoxy) is 1. The van der Waals surface area contributed by atoms with E-state index in [2.05, 4.69) is 20.4 Å². The first-order chi connectivity index (χ1) is 9.95. The molecule has 112 valence electrons. The van der Waals surface area contributed by atoms with Crippen molar-refractivity contribution in [1.29, 1.82) is 0 Å². The van der Waals surface area contributed by atoms with Crippen molar-refractivity contribution in [3.05, 3.63) is 30.2 Å². The van der Waals surface area contributed by atoms with Crippen LogP contribution in [0, 0.1) is 0 Å². The fourth-order valence-corrected chi connectivity index (χ4v) is 2.24. The predicted octanol–water partition coefficient (Wildman–Crippen LogP) is 2.34. The minimum Gasteiger partial charge on any atom is -0.490 e. The smallest absolute Gasteiger partial charge is 0.417 e. The third-order valence-electron chi connectivity index (χ3n) is 2.38. The molecule has 0 saturated carbocycles. The Bertz CT molecular complexity index is 620. The highest BCUT2D eigenvalue weighted by atomic mass is 32.2. The molecule has 2 heterocycles. The van der Waals surface area contributed by atoms with Crippen LogP contribution in [0.15, 0.2) is 34.7 Å². The maximum atomic E-state index is 12.5. The molecule has 0 radical (unpaired) electrons. The molecule has 0 atom stereocenters. The Balaban J connectivity index is 2.26. The van der Waals surface area contributed by atoms with Crippen LogP contribution in [0.1, 0.15) is 5.56 Å². The summed E-state index contributed by atoms with van der Waals surface area (Å²) in [7, 11) is 1.41. The van der Waals surface area contributed by atoms with E-state index >= 15 is 0 Å².